The van der Waals surface area contributed by atoms with E-state index in [0.717, 1.165) is 25.0 Å². The smallest absolute Gasteiger partial charge is 0.0806 e. The fourth-order valence-electron chi connectivity index (χ4n) is 3.21. The quantitative estimate of drug-likeness (QED) is 0.767. The van der Waals surface area contributed by atoms with Gasteiger partial charge >= 0.3 is 0 Å². The van der Waals surface area contributed by atoms with Gasteiger partial charge in [0.1, 0.15) is 0 Å². The van der Waals surface area contributed by atoms with Gasteiger partial charge in [0, 0.05) is 13.2 Å². The Kier molecular flexibility index (Phi) is 4.87. The van der Waals surface area contributed by atoms with Crippen LogP contribution in [0.15, 0.2) is 0 Å². The molecule has 2 aliphatic carbocycles. The Morgan fingerprint density at radius 2 is 1.88 bits per heavy atom. The van der Waals surface area contributed by atoms with Gasteiger partial charge in [0.25, 0.3) is 0 Å². The van der Waals surface area contributed by atoms with Gasteiger partial charge < -0.3 is 10.1 Å². The van der Waals surface area contributed by atoms with E-state index in [1.54, 1.807) is 0 Å². The molecule has 0 amide bonds. The normalized spacial score (nSPS) is 34.6. The van der Waals surface area contributed by atoms with E-state index in [1.165, 1.54) is 51.4 Å². The highest BCUT2D eigenvalue weighted by Crippen LogP contribution is 2.35. The van der Waals surface area contributed by atoms with Gasteiger partial charge in [0.15, 0.2) is 0 Å². The van der Waals surface area contributed by atoms with Gasteiger partial charge in [0.05, 0.1) is 5.60 Å². The SMILES string of the molecule is CNCC1(OCCC2CCC2)CCC(C)CC1. The highest BCUT2D eigenvalue weighted by Gasteiger charge is 2.34. The maximum Gasteiger partial charge on any atom is 0.0806 e. The summed E-state index contributed by atoms with van der Waals surface area (Å²) >= 11 is 0. The Morgan fingerprint density at radius 3 is 2.41 bits per heavy atom. The van der Waals surface area contributed by atoms with Crippen LogP contribution in [0.4, 0.5) is 0 Å². The number of rotatable bonds is 6. The molecule has 0 unspecified atom stereocenters. The van der Waals surface area contributed by atoms with Gasteiger partial charge in [-0.25, -0.2) is 0 Å². The third kappa shape index (κ3) is 3.69. The third-order valence-corrected chi connectivity index (χ3v) is 4.84. The van der Waals surface area contributed by atoms with Crippen LogP contribution in [0.5, 0.6) is 0 Å². The van der Waals surface area contributed by atoms with Crippen molar-refractivity contribution < 1.29 is 4.74 Å². The molecule has 2 heteroatoms. The predicted octanol–water partition coefficient (Wildman–Crippen LogP) is 3.36. The maximum absolute atomic E-state index is 6.30. The zero-order valence-electron chi connectivity index (χ0n) is 11.6. The summed E-state index contributed by atoms with van der Waals surface area (Å²) in [5.41, 5.74) is 0.158. The molecule has 0 heterocycles. The fourth-order valence-corrected chi connectivity index (χ4v) is 3.21. The lowest BCUT2D eigenvalue weighted by molar-refractivity contribution is -0.0800. The summed E-state index contributed by atoms with van der Waals surface area (Å²) in [7, 11) is 2.05. The molecule has 100 valence electrons. The lowest BCUT2D eigenvalue weighted by Crippen LogP contribution is -2.45. The predicted molar refractivity (Wildman–Crippen MR) is 72.2 cm³/mol. The third-order valence-electron chi connectivity index (χ3n) is 4.84. The molecular formula is C15H29NO. The van der Waals surface area contributed by atoms with E-state index in [2.05, 4.69) is 19.3 Å². The Morgan fingerprint density at radius 1 is 1.18 bits per heavy atom. The number of nitrogens with one attached hydrogen (secondary N) is 1. The summed E-state index contributed by atoms with van der Waals surface area (Å²) in [4.78, 5) is 0. The van der Waals surface area contributed by atoms with Crippen molar-refractivity contribution in [3.63, 3.8) is 0 Å². The largest absolute Gasteiger partial charge is 0.374 e. The molecule has 2 saturated carbocycles. The Bertz CT molecular complexity index is 217. The molecule has 0 aromatic rings. The molecule has 2 aliphatic rings. The van der Waals surface area contributed by atoms with Crippen molar-refractivity contribution in [2.24, 2.45) is 11.8 Å². The topological polar surface area (TPSA) is 21.3 Å². The first-order valence-electron chi connectivity index (χ1n) is 7.53. The Labute approximate surface area is 107 Å². The highest BCUT2D eigenvalue weighted by molar-refractivity contribution is 4.88. The number of hydrogen-bond acceptors (Lipinski definition) is 2. The fraction of sp³-hybridized carbons (Fsp3) is 1.00. The summed E-state index contributed by atoms with van der Waals surface area (Å²) in [5.74, 6) is 1.87. The molecular weight excluding hydrogens is 210 g/mol. The average molecular weight is 239 g/mol. The van der Waals surface area contributed by atoms with Crippen LogP contribution in [-0.4, -0.2) is 25.8 Å². The molecule has 0 saturated heterocycles. The van der Waals surface area contributed by atoms with Gasteiger partial charge in [-0.05, 0) is 51.0 Å². The van der Waals surface area contributed by atoms with Crippen LogP contribution in [0, 0.1) is 11.8 Å². The maximum atomic E-state index is 6.30. The van der Waals surface area contributed by atoms with Crippen LogP contribution in [0.3, 0.4) is 0 Å². The minimum absolute atomic E-state index is 0.158. The molecule has 0 atom stereocenters. The molecule has 0 bridgehead atoms. The van der Waals surface area contributed by atoms with E-state index in [0.29, 0.717) is 0 Å². The van der Waals surface area contributed by atoms with Crippen molar-refractivity contribution in [1.82, 2.24) is 5.32 Å². The molecule has 2 fully saturated rings. The van der Waals surface area contributed by atoms with Crippen molar-refractivity contribution in [2.75, 3.05) is 20.2 Å². The van der Waals surface area contributed by atoms with Gasteiger partial charge in [0.2, 0.25) is 0 Å². The zero-order chi connectivity index (χ0) is 12.1. The Hall–Kier alpha value is -0.0800. The summed E-state index contributed by atoms with van der Waals surface area (Å²) in [6, 6.07) is 0. The molecule has 2 rings (SSSR count). The van der Waals surface area contributed by atoms with Crippen molar-refractivity contribution >= 4 is 0 Å². The van der Waals surface area contributed by atoms with Gasteiger partial charge in [-0.3, -0.25) is 0 Å². The van der Waals surface area contributed by atoms with Gasteiger partial charge in [-0.2, -0.15) is 0 Å². The van der Waals surface area contributed by atoms with Gasteiger partial charge in [-0.15, -0.1) is 0 Å². The van der Waals surface area contributed by atoms with E-state index in [4.69, 9.17) is 4.74 Å². The van der Waals surface area contributed by atoms with Crippen molar-refractivity contribution in [1.29, 1.82) is 0 Å². The average Bonchev–Trinajstić information content (AvgIpc) is 2.27. The standard InChI is InChI=1S/C15H29NO/c1-13-6-9-15(10-7-13,12-16-2)17-11-8-14-4-3-5-14/h13-14,16H,3-12H2,1-2H3. The van der Waals surface area contributed by atoms with Gasteiger partial charge in [-0.1, -0.05) is 26.2 Å². The summed E-state index contributed by atoms with van der Waals surface area (Å²) in [6.45, 7) is 4.39. The lowest BCUT2D eigenvalue weighted by Gasteiger charge is -2.40. The van der Waals surface area contributed by atoms with E-state index < -0.39 is 0 Å². The first-order chi connectivity index (χ1) is 8.24. The van der Waals surface area contributed by atoms with Crippen LogP contribution in [0.25, 0.3) is 0 Å². The van der Waals surface area contributed by atoms with Crippen LogP contribution in [0.2, 0.25) is 0 Å². The molecule has 2 nitrogen and oxygen atoms in total. The highest BCUT2D eigenvalue weighted by atomic mass is 16.5. The van der Waals surface area contributed by atoms with E-state index >= 15 is 0 Å². The van der Waals surface area contributed by atoms with E-state index in [-0.39, 0.29) is 5.60 Å². The second-order valence-corrected chi connectivity index (χ2v) is 6.33. The summed E-state index contributed by atoms with van der Waals surface area (Å²) in [5, 5.41) is 3.33. The summed E-state index contributed by atoms with van der Waals surface area (Å²) < 4.78 is 6.30. The first-order valence-corrected chi connectivity index (χ1v) is 7.53. The van der Waals surface area contributed by atoms with E-state index in [1.807, 2.05) is 0 Å². The second kappa shape index (κ2) is 6.19. The molecule has 0 spiro atoms. The van der Waals surface area contributed by atoms with E-state index in [9.17, 15) is 0 Å². The molecule has 1 N–H and O–H groups in total. The number of ether oxygens (including phenoxy) is 1. The Balaban J connectivity index is 1.74. The molecule has 0 aliphatic heterocycles. The summed E-state index contributed by atoms with van der Waals surface area (Å²) in [6.07, 6.45) is 10.8. The molecule has 0 aromatic carbocycles. The molecule has 0 aromatic heterocycles. The van der Waals surface area contributed by atoms with Crippen LogP contribution >= 0.6 is 0 Å². The van der Waals surface area contributed by atoms with Crippen LogP contribution < -0.4 is 5.32 Å². The molecule has 17 heavy (non-hydrogen) atoms. The molecule has 0 radical (unpaired) electrons. The van der Waals surface area contributed by atoms with Crippen molar-refractivity contribution in [2.45, 2.75) is 63.9 Å². The van der Waals surface area contributed by atoms with Crippen molar-refractivity contribution in [3.8, 4) is 0 Å². The van der Waals surface area contributed by atoms with Crippen LogP contribution in [0.1, 0.15) is 58.3 Å². The zero-order valence-corrected chi connectivity index (χ0v) is 11.6. The van der Waals surface area contributed by atoms with Crippen molar-refractivity contribution in [3.05, 3.63) is 0 Å². The number of hydrogen-bond donors (Lipinski definition) is 1. The first kappa shape index (κ1) is 13.4. The minimum atomic E-state index is 0.158. The second-order valence-electron chi connectivity index (χ2n) is 6.33. The monoisotopic (exact) mass is 239 g/mol. The minimum Gasteiger partial charge on any atom is -0.374 e. The van der Waals surface area contributed by atoms with Crippen LogP contribution in [-0.2, 0) is 4.74 Å². The lowest BCUT2D eigenvalue weighted by atomic mass is 9.79. The number of likely N-dealkylation sites (N-methyl/N-ethyl adjacent to an activating group) is 1.